The fourth-order valence-electron chi connectivity index (χ4n) is 3.10. The Morgan fingerprint density at radius 3 is 2.03 bits per heavy atom. The molecule has 0 heterocycles. The molecule has 2 amide bonds. The van der Waals surface area contributed by atoms with Gasteiger partial charge in [0.1, 0.15) is 22.3 Å². The minimum atomic E-state index is -4.16. The molecule has 1 N–H and O–H groups in total. The molecule has 0 saturated carbocycles. The number of nitrogens with zero attached hydrogens (tertiary/aromatic N) is 1. The molecular formula is C25H26F2N2O4S. The Morgan fingerprint density at radius 2 is 1.44 bits per heavy atom. The first-order valence-corrected chi connectivity index (χ1v) is 11.9. The molecule has 0 aliphatic heterocycles. The van der Waals surface area contributed by atoms with Gasteiger partial charge in [0.2, 0.25) is 0 Å². The number of amides is 2. The number of halogens is 2. The van der Waals surface area contributed by atoms with Crippen LogP contribution in [0.5, 0.6) is 5.75 Å². The average molecular weight is 489 g/mol. The fraction of sp³-hybridized carbons (Fsp3) is 0.240. The van der Waals surface area contributed by atoms with Crippen molar-refractivity contribution < 1.29 is 26.2 Å². The quantitative estimate of drug-likeness (QED) is 0.462. The summed E-state index contributed by atoms with van der Waals surface area (Å²) in [6, 6.07) is 16.2. The van der Waals surface area contributed by atoms with Crippen LogP contribution >= 0.6 is 0 Å². The van der Waals surface area contributed by atoms with Crippen molar-refractivity contribution in [1.29, 1.82) is 0 Å². The van der Waals surface area contributed by atoms with Gasteiger partial charge in [0.25, 0.3) is 0 Å². The van der Waals surface area contributed by atoms with E-state index in [0.717, 1.165) is 29.8 Å². The van der Waals surface area contributed by atoms with Gasteiger partial charge >= 0.3 is 16.1 Å². The van der Waals surface area contributed by atoms with Crippen LogP contribution in [0.3, 0.4) is 0 Å². The maximum absolute atomic E-state index is 13.3. The number of carbonyl (C=O) groups is 1. The zero-order chi connectivity index (χ0) is 24.9. The standard InChI is InChI=1S/C25H26F2N2O4S/c1-25(2,3)28-24(30)29(16-18-7-9-20(26)10-8-18)17-19-5-4-6-22(15-19)33-34(31,32)23-13-11-21(27)12-14-23/h4-15H,16-17H2,1-3H3,(H,28,30). The summed E-state index contributed by atoms with van der Waals surface area (Å²) in [6.45, 7) is 5.93. The molecule has 0 atom stereocenters. The molecule has 0 aliphatic carbocycles. The van der Waals surface area contributed by atoms with Crippen LogP contribution in [0.1, 0.15) is 31.9 Å². The highest BCUT2D eigenvalue weighted by Gasteiger charge is 2.21. The van der Waals surface area contributed by atoms with Gasteiger partial charge in [0.05, 0.1) is 0 Å². The molecule has 3 aromatic rings. The molecule has 0 unspecified atom stereocenters. The van der Waals surface area contributed by atoms with Crippen LogP contribution in [0, 0.1) is 11.6 Å². The Hall–Kier alpha value is -3.46. The number of urea groups is 1. The third-order valence-corrected chi connectivity index (χ3v) is 5.90. The normalized spacial score (nSPS) is 11.7. The fourth-order valence-corrected chi connectivity index (χ4v) is 4.02. The van der Waals surface area contributed by atoms with Crippen molar-refractivity contribution in [2.24, 2.45) is 0 Å². The van der Waals surface area contributed by atoms with Crippen LogP contribution in [0.4, 0.5) is 13.6 Å². The van der Waals surface area contributed by atoms with Gasteiger partial charge in [-0.3, -0.25) is 0 Å². The number of carbonyl (C=O) groups excluding carboxylic acids is 1. The third-order valence-electron chi connectivity index (χ3n) is 4.64. The number of nitrogens with one attached hydrogen (secondary N) is 1. The summed E-state index contributed by atoms with van der Waals surface area (Å²) >= 11 is 0. The van der Waals surface area contributed by atoms with Crippen LogP contribution in [-0.4, -0.2) is 24.9 Å². The molecule has 0 aromatic heterocycles. The second kappa shape index (κ2) is 10.2. The summed E-state index contributed by atoms with van der Waals surface area (Å²) < 4.78 is 56.7. The molecule has 6 nitrogen and oxygen atoms in total. The van der Waals surface area contributed by atoms with Crippen molar-refractivity contribution in [1.82, 2.24) is 10.2 Å². The lowest BCUT2D eigenvalue weighted by atomic mass is 10.1. The Morgan fingerprint density at radius 1 is 0.882 bits per heavy atom. The highest BCUT2D eigenvalue weighted by atomic mass is 32.2. The zero-order valence-electron chi connectivity index (χ0n) is 19.1. The first-order chi connectivity index (χ1) is 15.9. The maximum atomic E-state index is 13.3. The highest BCUT2D eigenvalue weighted by molar-refractivity contribution is 7.87. The van der Waals surface area contributed by atoms with E-state index >= 15 is 0 Å². The van der Waals surface area contributed by atoms with E-state index in [2.05, 4.69) is 5.32 Å². The third kappa shape index (κ3) is 7.28. The van der Waals surface area contributed by atoms with Gasteiger partial charge in [0, 0.05) is 18.6 Å². The monoisotopic (exact) mass is 488 g/mol. The van der Waals surface area contributed by atoms with Gasteiger partial charge in [-0.15, -0.1) is 0 Å². The van der Waals surface area contributed by atoms with E-state index in [4.69, 9.17) is 4.18 Å². The molecule has 0 saturated heterocycles. The first kappa shape index (κ1) is 25.2. The molecule has 0 bridgehead atoms. The minimum Gasteiger partial charge on any atom is -0.379 e. The molecular weight excluding hydrogens is 462 g/mol. The topological polar surface area (TPSA) is 75.7 Å². The molecule has 9 heteroatoms. The van der Waals surface area contributed by atoms with Gasteiger partial charge < -0.3 is 14.4 Å². The van der Waals surface area contributed by atoms with Crippen molar-refractivity contribution in [3.8, 4) is 5.75 Å². The van der Waals surface area contributed by atoms with Crippen LogP contribution in [0.15, 0.2) is 77.7 Å². The van der Waals surface area contributed by atoms with Crippen molar-refractivity contribution in [3.05, 3.63) is 95.6 Å². The highest BCUT2D eigenvalue weighted by Crippen LogP contribution is 2.22. The summed E-state index contributed by atoms with van der Waals surface area (Å²) in [5.74, 6) is -0.878. The van der Waals surface area contributed by atoms with Crippen molar-refractivity contribution in [3.63, 3.8) is 0 Å². The maximum Gasteiger partial charge on any atom is 0.339 e. The van der Waals surface area contributed by atoms with E-state index < -0.39 is 21.5 Å². The Kier molecular flexibility index (Phi) is 7.56. The summed E-state index contributed by atoms with van der Waals surface area (Å²) in [6.07, 6.45) is 0. The average Bonchev–Trinajstić information content (AvgIpc) is 2.74. The lowest BCUT2D eigenvalue weighted by molar-refractivity contribution is 0.183. The van der Waals surface area contributed by atoms with Crippen molar-refractivity contribution in [2.75, 3.05) is 0 Å². The lowest BCUT2D eigenvalue weighted by Crippen LogP contribution is -2.47. The lowest BCUT2D eigenvalue weighted by Gasteiger charge is -2.29. The van der Waals surface area contributed by atoms with Gasteiger partial charge in [-0.1, -0.05) is 24.3 Å². The number of hydrogen-bond acceptors (Lipinski definition) is 4. The number of hydrogen-bond donors (Lipinski definition) is 1. The van der Waals surface area contributed by atoms with Gasteiger partial charge in [-0.25, -0.2) is 13.6 Å². The van der Waals surface area contributed by atoms with E-state index in [9.17, 15) is 22.0 Å². The van der Waals surface area contributed by atoms with E-state index in [1.54, 1.807) is 24.3 Å². The predicted molar refractivity (Wildman–Crippen MR) is 125 cm³/mol. The van der Waals surface area contributed by atoms with E-state index in [-0.39, 0.29) is 35.6 Å². The minimum absolute atomic E-state index is 0.0554. The van der Waals surface area contributed by atoms with Crippen molar-refractivity contribution >= 4 is 16.1 Å². The van der Waals surface area contributed by atoms with E-state index in [1.807, 2.05) is 20.8 Å². The summed E-state index contributed by atoms with van der Waals surface area (Å²) in [5, 5.41) is 2.91. The van der Waals surface area contributed by atoms with Crippen LogP contribution in [0.25, 0.3) is 0 Å². The first-order valence-electron chi connectivity index (χ1n) is 10.5. The summed E-state index contributed by atoms with van der Waals surface area (Å²) in [7, 11) is -4.16. The number of rotatable bonds is 7. The smallest absolute Gasteiger partial charge is 0.339 e. The molecule has 0 aliphatic rings. The van der Waals surface area contributed by atoms with Gasteiger partial charge in [-0.2, -0.15) is 8.42 Å². The predicted octanol–water partition coefficient (Wildman–Crippen LogP) is 5.24. The largest absolute Gasteiger partial charge is 0.379 e. The Bertz CT molecular complexity index is 1240. The molecule has 3 aromatic carbocycles. The summed E-state index contributed by atoms with van der Waals surface area (Å²) in [4.78, 5) is 14.3. The van der Waals surface area contributed by atoms with Gasteiger partial charge in [-0.05, 0) is 80.4 Å². The van der Waals surface area contributed by atoms with Gasteiger partial charge in [0.15, 0.2) is 0 Å². The second-order valence-electron chi connectivity index (χ2n) is 8.80. The molecule has 180 valence electrons. The number of benzene rings is 3. The van der Waals surface area contributed by atoms with Crippen LogP contribution in [-0.2, 0) is 23.2 Å². The molecule has 34 heavy (non-hydrogen) atoms. The van der Waals surface area contributed by atoms with E-state index in [1.165, 1.54) is 29.2 Å². The van der Waals surface area contributed by atoms with E-state index in [0.29, 0.717) is 5.56 Å². The summed E-state index contributed by atoms with van der Waals surface area (Å²) in [5.41, 5.74) is 0.876. The molecule has 0 spiro atoms. The zero-order valence-corrected chi connectivity index (χ0v) is 19.9. The van der Waals surface area contributed by atoms with Crippen LogP contribution in [0.2, 0.25) is 0 Å². The Balaban J connectivity index is 1.81. The molecule has 0 fully saturated rings. The van der Waals surface area contributed by atoms with Crippen molar-refractivity contribution in [2.45, 2.75) is 44.3 Å². The SMILES string of the molecule is CC(C)(C)NC(=O)N(Cc1ccc(F)cc1)Cc1cccc(OS(=O)(=O)c2ccc(F)cc2)c1. The second-order valence-corrected chi connectivity index (χ2v) is 10.3. The Labute approximate surface area is 198 Å². The molecule has 0 radical (unpaired) electrons. The van der Waals surface area contributed by atoms with Crippen LogP contribution < -0.4 is 9.50 Å². The molecule has 3 rings (SSSR count).